The molecule has 27 heavy (non-hydrogen) atoms. The third-order valence-electron chi connectivity index (χ3n) is 3.76. The predicted molar refractivity (Wildman–Crippen MR) is 109 cm³/mol. The molecule has 0 unspecified atom stereocenters. The highest BCUT2D eigenvalue weighted by molar-refractivity contribution is 7.14. The number of hydrogen-bond donors (Lipinski definition) is 1. The van der Waals surface area contributed by atoms with Gasteiger partial charge in [0.2, 0.25) is 0 Å². The zero-order valence-electron chi connectivity index (χ0n) is 15.4. The van der Waals surface area contributed by atoms with E-state index in [0.29, 0.717) is 17.5 Å². The number of aryl methyl sites for hydroxylation is 1. The molecule has 1 aromatic heterocycles. The Morgan fingerprint density at radius 2 is 1.70 bits per heavy atom. The van der Waals surface area contributed by atoms with E-state index in [9.17, 15) is 4.79 Å². The van der Waals surface area contributed by atoms with Crippen molar-refractivity contribution in [2.75, 3.05) is 18.5 Å². The van der Waals surface area contributed by atoms with Gasteiger partial charge in [-0.2, -0.15) is 0 Å². The van der Waals surface area contributed by atoms with Gasteiger partial charge in [-0.1, -0.05) is 24.6 Å². The molecule has 0 saturated carbocycles. The smallest absolute Gasteiger partial charge is 0.264 e. The predicted octanol–water partition coefficient (Wildman–Crippen LogP) is 4.92. The van der Waals surface area contributed by atoms with E-state index < -0.39 is 0 Å². The van der Waals surface area contributed by atoms with Crippen molar-refractivity contribution >= 4 is 22.4 Å². The number of rotatable bonds is 8. The molecule has 6 heteroatoms. The van der Waals surface area contributed by atoms with Gasteiger partial charge in [0.05, 0.1) is 12.3 Å². The molecule has 0 aliphatic heterocycles. The molecule has 3 aromatic rings. The van der Waals surface area contributed by atoms with E-state index in [-0.39, 0.29) is 12.5 Å². The summed E-state index contributed by atoms with van der Waals surface area (Å²) in [6, 6.07) is 15.4. The maximum Gasteiger partial charge on any atom is 0.264 e. The topological polar surface area (TPSA) is 60.5 Å². The zero-order chi connectivity index (χ0) is 19.1. The molecule has 0 radical (unpaired) electrons. The van der Waals surface area contributed by atoms with E-state index >= 15 is 0 Å². The van der Waals surface area contributed by atoms with Crippen molar-refractivity contribution in [3.8, 4) is 22.8 Å². The second kappa shape index (κ2) is 9.19. The lowest BCUT2D eigenvalue weighted by Gasteiger charge is -2.06. The molecular formula is C21H22N2O3S. The summed E-state index contributed by atoms with van der Waals surface area (Å²) in [6.07, 6.45) is 0.977. The van der Waals surface area contributed by atoms with Gasteiger partial charge in [-0.15, -0.1) is 11.3 Å². The van der Waals surface area contributed by atoms with Crippen LogP contribution in [-0.4, -0.2) is 24.1 Å². The first-order chi connectivity index (χ1) is 13.1. The average Bonchev–Trinajstić information content (AvgIpc) is 3.14. The molecule has 1 amide bonds. The van der Waals surface area contributed by atoms with Crippen LogP contribution < -0.4 is 14.8 Å². The summed E-state index contributed by atoms with van der Waals surface area (Å²) in [7, 11) is 0. The van der Waals surface area contributed by atoms with Gasteiger partial charge in [0.25, 0.3) is 5.91 Å². The van der Waals surface area contributed by atoms with Crippen LogP contribution in [0.1, 0.15) is 18.9 Å². The number of aromatic nitrogens is 1. The first-order valence-electron chi connectivity index (χ1n) is 8.82. The van der Waals surface area contributed by atoms with Gasteiger partial charge >= 0.3 is 0 Å². The number of amides is 1. The Labute approximate surface area is 163 Å². The number of ether oxygens (including phenoxy) is 2. The Bertz CT molecular complexity index is 873. The number of thiazole rings is 1. The van der Waals surface area contributed by atoms with E-state index in [1.807, 2.05) is 60.8 Å². The summed E-state index contributed by atoms with van der Waals surface area (Å²) in [5.74, 6) is 1.28. The second-order valence-electron chi connectivity index (χ2n) is 6.06. The van der Waals surface area contributed by atoms with Crippen LogP contribution in [0.25, 0.3) is 11.3 Å². The quantitative estimate of drug-likeness (QED) is 0.600. The molecule has 0 aliphatic carbocycles. The summed E-state index contributed by atoms with van der Waals surface area (Å²) in [6.45, 7) is 4.73. The Balaban J connectivity index is 1.54. The maximum absolute atomic E-state index is 12.1. The molecule has 1 N–H and O–H groups in total. The van der Waals surface area contributed by atoms with Gasteiger partial charge in [0.1, 0.15) is 11.5 Å². The maximum atomic E-state index is 12.1. The molecule has 0 spiro atoms. The first-order valence-corrected chi connectivity index (χ1v) is 9.70. The lowest BCUT2D eigenvalue weighted by atomic mass is 10.2. The number of nitrogens with zero attached hydrogens (tertiary/aromatic N) is 1. The van der Waals surface area contributed by atoms with Crippen LogP contribution >= 0.6 is 11.3 Å². The monoisotopic (exact) mass is 382 g/mol. The summed E-state index contributed by atoms with van der Waals surface area (Å²) >= 11 is 1.38. The normalized spacial score (nSPS) is 10.4. The second-order valence-corrected chi connectivity index (χ2v) is 6.92. The van der Waals surface area contributed by atoms with Crippen LogP contribution in [0, 0.1) is 6.92 Å². The molecule has 0 fully saturated rings. The van der Waals surface area contributed by atoms with Crippen molar-refractivity contribution in [1.29, 1.82) is 0 Å². The van der Waals surface area contributed by atoms with E-state index in [0.717, 1.165) is 29.0 Å². The molecule has 2 aromatic carbocycles. The fraction of sp³-hybridized carbons (Fsp3) is 0.238. The molecule has 3 rings (SSSR count). The van der Waals surface area contributed by atoms with Gasteiger partial charge in [0.15, 0.2) is 11.7 Å². The van der Waals surface area contributed by atoms with E-state index in [1.165, 1.54) is 11.3 Å². The molecule has 140 valence electrons. The van der Waals surface area contributed by atoms with Crippen LogP contribution in [0.2, 0.25) is 0 Å². The molecule has 0 aliphatic rings. The van der Waals surface area contributed by atoms with Crippen LogP contribution in [0.15, 0.2) is 53.9 Å². The molecule has 0 bridgehead atoms. The summed E-state index contributed by atoms with van der Waals surface area (Å²) in [5, 5.41) is 5.24. The minimum atomic E-state index is -0.236. The van der Waals surface area contributed by atoms with Crippen LogP contribution in [0.4, 0.5) is 5.13 Å². The van der Waals surface area contributed by atoms with E-state index in [2.05, 4.69) is 17.2 Å². The molecule has 1 heterocycles. The number of benzene rings is 2. The number of carbonyl (C=O) groups excluding carboxylic acids is 1. The Morgan fingerprint density at radius 3 is 2.41 bits per heavy atom. The van der Waals surface area contributed by atoms with Crippen molar-refractivity contribution in [1.82, 2.24) is 4.98 Å². The first kappa shape index (κ1) is 18.9. The fourth-order valence-electron chi connectivity index (χ4n) is 2.34. The number of nitrogens with one attached hydrogen (secondary N) is 1. The van der Waals surface area contributed by atoms with Crippen LogP contribution in [0.5, 0.6) is 11.5 Å². The van der Waals surface area contributed by atoms with Crippen molar-refractivity contribution < 1.29 is 14.3 Å². The zero-order valence-corrected chi connectivity index (χ0v) is 16.2. The Morgan fingerprint density at radius 1 is 1.04 bits per heavy atom. The van der Waals surface area contributed by atoms with Crippen molar-refractivity contribution in [2.45, 2.75) is 20.3 Å². The Hall–Kier alpha value is -2.86. The molecule has 5 nitrogen and oxygen atoms in total. The van der Waals surface area contributed by atoms with E-state index in [1.54, 1.807) is 0 Å². The van der Waals surface area contributed by atoms with Crippen molar-refractivity contribution in [3.63, 3.8) is 0 Å². The van der Waals surface area contributed by atoms with Gasteiger partial charge in [0, 0.05) is 10.9 Å². The number of hydrogen-bond acceptors (Lipinski definition) is 5. The summed E-state index contributed by atoms with van der Waals surface area (Å²) in [4.78, 5) is 16.5. The summed E-state index contributed by atoms with van der Waals surface area (Å²) < 4.78 is 11.1. The van der Waals surface area contributed by atoms with Crippen LogP contribution in [-0.2, 0) is 4.79 Å². The van der Waals surface area contributed by atoms with Gasteiger partial charge in [-0.25, -0.2) is 4.98 Å². The minimum Gasteiger partial charge on any atom is -0.494 e. The average molecular weight is 382 g/mol. The van der Waals surface area contributed by atoms with Gasteiger partial charge in [-0.05, 0) is 49.7 Å². The third kappa shape index (κ3) is 5.56. The Kier molecular flexibility index (Phi) is 6.44. The SMILES string of the molecule is CCCOc1ccc(-c2csc(NC(=O)COc3ccc(C)cc3)n2)cc1. The third-order valence-corrected chi connectivity index (χ3v) is 4.52. The highest BCUT2D eigenvalue weighted by Crippen LogP contribution is 2.26. The van der Waals surface area contributed by atoms with Crippen LogP contribution in [0.3, 0.4) is 0 Å². The van der Waals surface area contributed by atoms with Gasteiger partial charge < -0.3 is 9.47 Å². The van der Waals surface area contributed by atoms with Gasteiger partial charge in [-0.3, -0.25) is 10.1 Å². The fourth-order valence-corrected chi connectivity index (χ4v) is 3.08. The lowest BCUT2D eigenvalue weighted by Crippen LogP contribution is -2.20. The molecular weight excluding hydrogens is 360 g/mol. The number of anilines is 1. The highest BCUT2D eigenvalue weighted by atomic mass is 32.1. The van der Waals surface area contributed by atoms with Crippen molar-refractivity contribution in [2.24, 2.45) is 0 Å². The minimum absolute atomic E-state index is 0.0541. The lowest BCUT2D eigenvalue weighted by molar-refractivity contribution is -0.118. The summed E-state index contributed by atoms with van der Waals surface area (Å²) in [5.41, 5.74) is 2.94. The molecule has 0 atom stereocenters. The largest absolute Gasteiger partial charge is 0.494 e. The highest BCUT2D eigenvalue weighted by Gasteiger charge is 2.09. The van der Waals surface area contributed by atoms with Crippen molar-refractivity contribution in [3.05, 3.63) is 59.5 Å². The number of carbonyl (C=O) groups is 1. The van der Waals surface area contributed by atoms with E-state index in [4.69, 9.17) is 9.47 Å². The standard InChI is InChI=1S/C21H22N2O3S/c1-3-12-25-17-10-6-16(7-11-17)19-14-27-21(22-19)23-20(24)13-26-18-8-4-15(2)5-9-18/h4-11,14H,3,12-13H2,1-2H3,(H,22,23,24). The molecule has 0 saturated heterocycles.